The van der Waals surface area contributed by atoms with E-state index in [9.17, 15) is 0 Å². The van der Waals surface area contributed by atoms with Crippen LogP contribution in [-0.2, 0) is 17.8 Å². The van der Waals surface area contributed by atoms with Gasteiger partial charge in [-0.15, -0.1) is 0 Å². The van der Waals surface area contributed by atoms with Crippen molar-refractivity contribution in [3.8, 4) is 0 Å². The molecule has 4 heteroatoms. The molecular formula is C15H28N2O2. The van der Waals surface area contributed by atoms with E-state index in [1.807, 2.05) is 13.8 Å². The van der Waals surface area contributed by atoms with Crippen LogP contribution in [0.4, 0.5) is 0 Å². The summed E-state index contributed by atoms with van der Waals surface area (Å²) in [6.07, 6.45) is 0. The van der Waals surface area contributed by atoms with E-state index < -0.39 is 0 Å². The fraction of sp³-hybridized carbons (Fsp3) is 0.733. The van der Waals surface area contributed by atoms with Crippen molar-refractivity contribution >= 4 is 0 Å². The van der Waals surface area contributed by atoms with E-state index >= 15 is 0 Å². The average Bonchev–Trinajstić information content (AvgIpc) is 2.75. The molecule has 0 saturated heterocycles. The van der Waals surface area contributed by atoms with Gasteiger partial charge in [-0.25, -0.2) is 0 Å². The van der Waals surface area contributed by atoms with Crippen molar-refractivity contribution in [3.63, 3.8) is 0 Å². The van der Waals surface area contributed by atoms with E-state index in [0.29, 0.717) is 0 Å². The molecule has 0 aliphatic heterocycles. The molecule has 0 fully saturated rings. The number of furan rings is 1. The first-order valence-electron chi connectivity index (χ1n) is 7.30. The Morgan fingerprint density at radius 1 is 1.32 bits per heavy atom. The van der Waals surface area contributed by atoms with Crippen LogP contribution >= 0.6 is 0 Å². The Bertz CT molecular complexity index is 350. The summed E-state index contributed by atoms with van der Waals surface area (Å²) in [5.41, 5.74) is 1.26. The Morgan fingerprint density at radius 3 is 2.74 bits per heavy atom. The number of aryl methyl sites for hydroxylation is 1. The molecule has 1 N–H and O–H groups in total. The highest BCUT2D eigenvalue weighted by molar-refractivity contribution is 5.20. The number of likely N-dealkylation sites (N-methyl/N-ethyl adjacent to an activating group) is 1. The highest BCUT2D eigenvalue weighted by Gasteiger charge is 2.10. The first-order chi connectivity index (χ1) is 9.21. The van der Waals surface area contributed by atoms with Crippen molar-refractivity contribution in [2.24, 2.45) is 0 Å². The molecule has 0 radical (unpaired) electrons. The van der Waals surface area contributed by atoms with Crippen molar-refractivity contribution in [2.45, 2.75) is 40.8 Å². The lowest BCUT2D eigenvalue weighted by molar-refractivity contribution is 0.110. The largest absolute Gasteiger partial charge is 0.465 e. The molecule has 0 aliphatic carbocycles. The predicted molar refractivity (Wildman–Crippen MR) is 78.3 cm³/mol. The molecule has 1 heterocycles. The van der Waals surface area contributed by atoms with Gasteiger partial charge in [0.15, 0.2) is 0 Å². The van der Waals surface area contributed by atoms with E-state index in [4.69, 9.17) is 9.15 Å². The van der Waals surface area contributed by atoms with Gasteiger partial charge in [0.2, 0.25) is 0 Å². The van der Waals surface area contributed by atoms with Gasteiger partial charge in [-0.1, -0.05) is 13.8 Å². The lowest BCUT2D eigenvalue weighted by atomic mass is 10.2. The van der Waals surface area contributed by atoms with Crippen molar-refractivity contribution < 1.29 is 9.15 Å². The quantitative estimate of drug-likeness (QED) is 0.662. The van der Waals surface area contributed by atoms with Crippen LogP contribution in [0.2, 0.25) is 0 Å². The zero-order valence-corrected chi connectivity index (χ0v) is 12.8. The Morgan fingerprint density at radius 2 is 2.11 bits per heavy atom. The van der Waals surface area contributed by atoms with Crippen molar-refractivity contribution in [1.29, 1.82) is 0 Å². The first kappa shape index (κ1) is 16.2. The molecule has 0 amide bonds. The number of hydrogen-bond acceptors (Lipinski definition) is 4. The molecule has 0 bridgehead atoms. The van der Waals surface area contributed by atoms with Crippen molar-refractivity contribution in [3.05, 3.63) is 23.2 Å². The molecule has 0 unspecified atom stereocenters. The van der Waals surface area contributed by atoms with Crippen LogP contribution in [0, 0.1) is 6.92 Å². The van der Waals surface area contributed by atoms with Crippen LogP contribution in [0.25, 0.3) is 0 Å². The minimum absolute atomic E-state index is 0.782. The van der Waals surface area contributed by atoms with Gasteiger partial charge in [-0.2, -0.15) is 0 Å². The smallest absolute Gasteiger partial charge is 0.118 e. The fourth-order valence-corrected chi connectivity index (χ4v) is 2.01. The van der Waals surface area contributed by atoms with E-state index in [-0.39, 0.29) is 0 Å². The summed E-state index contributed by atoms with van der Waals surface area (Å²) in [6, 6.07) is 2.17. The SMILES string of the molecule is CCNCc1cc(CN(CC)CCOCC)oc1C. The molecule has 1 aromatic heterocycles. The van der Waals surface area contributed by atoms with Gasteiger partial charge in [0.1, 0.15) is 11.5 Å². The monoisotopic (exact) mass is 268 g/mol. The molecule has 1 aromatic rings. The third-order valence-electron chi connectivity index (χ3n) is 3.22. The predicted octanol–water partition coefficient (Wildman–Crippen LogP) is 2.56. The summed E-state index contributed by atoms with van der Waals surface area (Å²) in [4.78, 5) is 2.34. The normalized spacial score (nSPS) is 11.4. The topological polar surface area (TPSA) is 37.6 Å². The average molecular weight is 268 g/mol. The van der Waals surface area contributed by atoms with Crippen LogP contribution in [0.5, 0.6) is 0 Å². The minimum atomic E-state index is 0.782. The summed E-state index contributed by atoms with van der Waals surface area (Å²) < 4.78 is 11.2. The Balaban J connectivity index is 2.49. The lowest BCUT2D eigenvalue weighted by Crippen LogP contribution is -2.26. The number of ether oxygens (including phenoxy) is 1. The molecule has 1 rings (SSSR count). The molecular weight excluding hydrogens is 240 g/mol. The number of nitrogens with one attached hydrogen (secondary N) is 1. The third kappa shape index (κ3) is 5.76. The van der Waals surface area contributed by atoms with Crippen molar-refractivity contribution in [2.75, 3.05) is 32.8 Å². The van der Waals surface area contributed by atoms with Gasteiger partial charge in [-0.3, -0.25) is 4.90 Å². The highest BCUT2D eigenvalue weighted by Crippen LogP contribution is 2.16. The zero-order valence-electron chi connectivity index (χ0n) is 12.8. The van der Waals surface area contributed by atoms with Crippen LogP contribution < -0.4 is 5.32 Å². The molecule has 0 spiro atoms. The summed E-state index contributed by atoms with van der Waals surface area (Å²) in [5, 5.41) is 3.33. The van der Waals surface area contributed by atoms with Crippen LogP contribution in [0.1, 0.15) is 37.9 Å². The maximum absolute atomic E-state index is 5.83. The number of rotatable bonds is 10. The van der Waals surface area contributed by atoms with Gasteiger partial charge in [-0.05, 0) is 33.0 Å². The highest BCUT2D eigenvalue weighted by atomic mass is 16.5. The molecule has 0 aromatic carbocycles. The molecule has 0 atom stereocenters. The minimum Gasteiger partial charge on any atom is -0.465 e. The van der Waals surface area contributed by atoms with Crippen LogP contribution in [0.3, 0.4) is 0 Å². The van der Waals surface area contributed by atoms with E-state index in [2.05, 4.69) is 30.1 Å². The summed E-state index contributed by atoms with van der Waals surface area (Å²) in [6.45, 7) is 14.6. The van der Waals surface area contributed by atoms with Gasteiger partial charge in [0.05, 0.1) is 13.2 Å². The second-order valence-corrected chi connectivity index (χ2v) is 4.64. The molecule has 110 valence electrons. The Hall–Kier alpha value is -0.840. The fourth-order valence-electron chi connectivity index (χ4n) is 2.01. The summed E-state index contributed by atoms with van der Waals surface area (Å²) in [7, 11) is 0. The lowest BCUT2D eigenvalue weighted by Gasteiger charge is -2.18. The molecule has 0 saturated carbocycles. The van der Waals surface area contributed by atoms with Crippen LogP contribution in [-0.4, -0.2) is 37.7 Å². The molecule has 4 nitrogen and oxygen atoms in total. The molecule has 19 heavy (non-hydrogen) atoms. The Kier molecular flexibility index (Phi) is 7.79. The van der Waals surface area contributed by atoms with Crippen molar-refractivity contribution in [1.82, 2.24) is 10.2 Å². The van der Waals surface area contributed by atoms with Gasteiger partial charge in [0, 0.05) is 25.3 Å². The van der Waals surface area contributed by atoms with Gasteiger partial charge in [0.25, 0.3) is 0 Å². The summed E-state index contributed by atoms with van der Waals surface area (Å²) >= 11 is 0. The summed E-state index contributed by atoms with van der Waals surface area (Å²) in [5.74, 6) is 2.07. The zero-order chi connectivity index (χ0) is 14.1. The van der Waals surface area contributed by atoms with Crippen LogP contribution in [0.15, 0.2) is 10.5 Å². The van der Waals surface area contributed by atoms with Gasteiger partial charge < -0.3 is 14.5 Å². The maximum atomic E-state index is 5.83. The van der Waals surface area contributed by atoms with E-state index in [0.717, 1.165) is 57.5 Å². The molecule has 0 aliphatic rings. The van der Waals surface area contributed by atoms with E-state index in [1.165, 1.54) is 5.56 Å². The standard InChI is InChI=1S/C15H28N2O2/c1-5-16-11-14-10-15(19-13(14)4)12-17(6-2)8-9-18-7-3/h10,16H,5-9,11-12H2,1-4H3. The first-order valence-corrected chi connectivity index (χ1v) is 7.30. The van der Waals surface area contributed by atoms with E-state index in [1.54, 1.807) is 0 Å². The second kappa shape index (κ2) is 9.13. The third-order valence-corrected chi connectivity index (χ3v) is 3.22. The number of hydrogen-bond donors (Lipinski definition) is 1. The second-order valence-electron chi connectivity index (χ2n) is 4.64. The van der Waals surface area contributed by atoms with Gasteiger partial charge >= 0.3 is 0 Å². The maximum Gasteiger partial charge on any atom is 0.118 e. The number of nitrogens with zero attached hydrogens (tertiary/aromatic N) is 1. The Labute approximate surface area is 117 Å².